The topological polar surface area (TPSA) is 81.6 Å². The highest BCUT2D eigenvalue weighted by Gasteiger charge is 2.13. The SMILES string of the molecule is Nc1ccc(N(c2ccc(N)cc2)c2ccc(OC(=O)c3ccccc3)cc2)cc1. The van der Waals surface area contributed by atoms with Crippen LogP contribution in [0.4, 0.5) is 28.4 Å². The molecule has 0 fully saturated rings. The van der Waals surface area contributed by atoms with Crippen molar-refractivity contribution < 1.29 is 9.53 Å². The second-order valence-corrected chi connectivity index (χ2v) is 6.77. The molecule has 148 valence electrons. The molecule has 30 heavy (non-hydrogen) atoms. The molecule has 0 radical (unpaired) electrons. The highest BCUT2D eigenvalue weighted by atomic mass is 16.5. The predicted octanol–water partition coefficient (Wildman–Crippen LogP) is 5.54. The van der Waals surface area contributed by atoms with Crippen LogP contribution in [0.2, 0.25) is 0 Å². The lowest BCUT2D eigenvalue weighted by Crippen LogP contribution is -2.11. The zero-order chi connectivity index (χ0) is 20.9. The third-order valence-electron chi connectivity index (χ3n) is 4.62. The molecule has 0 unspecified atom stereocenters. The number of esters is 1. The summed E-state index contributed by atoms with van der Waals surface area (Å²) >= 11 is 0. The third-order valence-corrected chi connectivity index (χ3v) is 4.62. The van der Waals surface area contributed by atoms with Crippen molar-refractivity contribution in [3.05, 3.63) is 109 Å². The summed E-state index contributed by atoms with van der Waals surface area (Å²) in [6, 6.07) is 31.5. The molecule has 0 aliphatic carbocycles. The van der Waals surface area contributed by atoms with E-state index in [1.807, 2.05) is 66.7 Å². The Bertz CT molecular complexity index is 1080. The van der Waals surface area contributed by atoms with Crippen LogP contribution in [0.1, 0.15) is 10.4 Å². The van der Waals surface area contributed by atoms with E-state index in [1.54, 1.807) is 36.4 Å². The summed E-state index contributed by atoms with van der Waals surface area (Å²) in [4.78, 5) is 14.4. The fourth-order valence-electron chi connectivity index (χ4n) is 3.10. The minimum Gasteiger partial charge on any atom is -0.423 e. The van der Waals surface area contributed by atoms with Crippen LogP contribution < -0.4 is 21.1 Å². The normalized spacial score (nSPS) is 10.4. The lowest BCUT2D eigenvalue weighted by atomic mass is 10.1. The smallest absolute Gasteiger partial charge is 0.343 e. The number of anilines is 5. The van der Waals surface area contributed by atoms with Gasteiger partial charge in [0.2, 0.25) is 0 Å². The van der Waals surface area contributed by atoms with Crippen LogP contribution in [0.15, 0.2) is 103 Å². The van der Waals surface area contributed by atoms with Gasteiger partial charge in [-0.25, -0.2) is 4.79 Å². The lowest BCUT2D eigenvalue weighted by molar-refractivity contribution is 0.0735. The van der Waals surface area contributed by atoms with Gasteiger partial charge in [-0.15, -0.1) is 0 Å². The lowest BCUT2D eigenvalue weighted by Gasteiger charge is -2.25. The Labute approximate surface area is 175 Å². The van der Waals surface area contributed by atoms with Crippen molar-refractivity contribution in [3.8, 4) is 5.75 Å². The van der Waals surface area contributed by atoms with E-state index < -0.39 is 5.97 Å². The van der Waals surface area contributed by atoms with Gasteiger partial charge in [-0.1, -0.05) is 18.2 Å². The second-order valence-electron chi connectivity index (χ2n) is 6.77. The van der Waals surface area contributed by atoms with Gasteiger partial charge in [-0.2, -0.15) is 0 Å². The zero-order valence-corrected chi connectivity index (χ0v) is 16.2. The number of nitrogen functional groups attached to an aromatic ring is 2. The van der Waals surface area contributed by atoms with Crippen molar-refractivity contribution in [2.45, 2.75) is 0 Å². The van der Waals surface area contributed by atoms with Crippen molar-refractivity contribution in [2.24, 2.45) is 0 Å². The average Bonchev–Trinajstić information content (AvgIpc) is 2.78. The van der Waals surface area contributed by atoms with E-state index >= 15 is 0 Å². The standard InChI is InChI=1S/C25H21N3O2/c26-19-6-10-21(11-7-19)28(22-12-8-20(27)9-13-22)23-14-16-24(17-15-23)30-25(29)18-4-2-1-3-5-18/h1-17H,26-27H2. The Hall–Kier alpha value is -4.25. The summed E-state index contributed by atoms with van der Waals surface area (Å²) in [6.45, 7) is 0. The van der Waals surface area contributed by atoms with Gasteiger partial charge in [0.25, 0.3) is 0 Å². The van der Waals surface area contributed by atoms with Crippen molar-refractivity contribution in [1.29, 1.82) is 0 Å². The number of hydrogen-bond acceptors (Lipinski definition) is 5. The van der Waals surface area contributed by atoms with E-state index in [0.717, 1.165) is 17.1 Å². The average molecular weight is 395 g/mol. The van der Waals surface area contributed by atoms with Gasteiger partial charge in [0.05, 0.1) is 5.56 Å². The van der Waals surface area contributed by atoms with Crippen LogP contribution in [0.25, 0.3) is 0 Å². The number of benzene rings is 4. The monoisotopic (exact) mass is 395 g/mol. The largest absolute Gasteiger partial charge is 0.423 e. The van der Waals surface area contributed by atoms with Crippen LogP contribution >= 0.6 is 0 Å². The van der Waals surface area contributed by atoms with E-state index in [-0.39, 0.29) is 0 Å². The Morgan fingerprint density at radius 1 is 0.600 bits per heavy atom. The van der Waals surface area contributed by atoms with E-state index in [0.29, 0.717) is 22.7 Å². The molecule has 0 aliphatic rings. The van der Waals surface area contributed by atoms with Crippen LogP contribution in [-0.2, 0) is 0 Å². The maximum atomic E-state index is 12.3. The molecule has 0 amide bonds. The summed E-state index contributed by atoms with van der Waals surface area (Å²) in [5.74, 6) is 0.0828. The Morgan fingerprint density at radius 2 is 1.03 bits per heavy atom. The molecule has 5 nitrogen and oxygen atoms in total. The van der Waals surface area contributed by atoms with E-state index in [4.69, 9.17) is 16.2 Å². The van der Waals surface area contributed by atoms with Crippen LogP contribution in [0, 0.1) is 0 Å². The molecule has 4 rings (SSSR count). The molecule has 0 saturated heterocycles. The van der Waals surface area contributed by atoms with Gasteiger partial charge in [0, 0.05) is 28.4 Å². The van der Waals surface area contributed by atoms with Crippen LogP contribution in [-0.4, -0.2) is 5.97 Å². The van der Waals surface area contributed by atoms with Crippen LogP contribution in [0.5, 0.6) is 5.75 Å². The molecular weight excluding hydrogens is 374 g/mol. The van der Waals surface area contributed by atoms with Gasteiger partial charge in [-0.3, -0.25) is 0 Å². The highest BCUT2D eigenvalue weighted by molar-refractivity contribution is 5.91. The number of nitrogens with two attached hydrogens (primary N) is 2. The quantitative estimate of drug-likeness (QED) is 0.263. The molecule has 5 heteroatoms. The molecule has 0 aliphatic heterocycles. The number of carbonyl (C=O) groups excluding carboxylic acids is 1. The fourth-order valence-corrected chi connectivity index (χ4v) is 3.10. The summed E-state index contributed by atoms with van der Waals surface area (Å²) in [5.41, 5.74) is 16.4. The van der Waals surface area contributed by atoms with Crippen molar-refractivity contribution in [2.75, 3.05) is 16.4 Å². The summed E-state index contributed by atoms with van der Waals surface area (Å²) in [7, 11) is 0. The van der Waals surface area contributed by atoms with E-state index in [2.05, 4.69) is 4.90 Å². The molecule has 4 N–H and O–H groups in total. The van der Waals surface area contributed by atoms with Gasteiger partial charge in [-0.05, 0) is 84.9 Å². The Morgan fingerprint density at radius 3 is 1.50 bits per heavy atom. The predicted molar refractivity (Wildman–Crippen MR) is 121 cm³/mol. The number of carbonyl (C=O) groups is 1. The van der Waals surface area contributed by atoms with Gasteiger partial charge >= 0.3 is 5.97 Å². The maximum Gasteiger partial charge on any atom is 0.343 e. The number of ether oxygens (including phenoxy) is 1. The van der Waals surface area contributed by atoms with Gasteiger partial charge in [0.15, 0.2) is 0 Å². The maximum absolute atomic E-state index is 12.3. The van der Waals surface area contributed by atoms with E-state index in [9.17, 15) is 4.79 Å². The fraction of sp³-hybridized carbons (Fsp3) is 0. The van der Waals surface area contributed by atoms with Gasteiger partial charge in [0.1, 0.15) is 5.75 Å². The number of hydrogen-bond donors (Lipinski definition) is 2. The molecule has 0 bridgehead atoms. The second kappa shape index (κ2) is 8.41. The minimum absolute atomic E-state index is 0.391. The Balaban J connectivity index is 1.63. The summed E-state index contributed by atoms with van der Waals surface area (Å²) in [5, 5.41) is 0. The number of nitrogens with zero attached hydrogens (tertiary/aromatic N) is 1. The minimum atomic E-state index is -0.391. The molecule has 0 atom stereocenters. The van der Waals surface area contributed by atoms with Crippen LogP contribution in [0.3, 0.4) is 0 Å². The first-order valence-corrected chi connectivity index (χ1v) is 9.49. The van der Waals surface area contributed by atoms with Gasteiger partial charge < -0.3 is 21.1 Å². The van der Waals surface area contributed by atoms with E-state index in [1.165, 1.54) is 0 Å². The summed E-state index contributed by atoms with van der Waals surface area (Å²) < 4.78 is 5.49. The molecule has 0 heterocycles. The van der Waals surface area contributed by atoms with Crippen molar-refractivity contribution in [3.63, 3.8) is 0 Å². The molecule has 0 saturated carbocycles. The first-order valence-electron chi connectivity index (χ1n) is 9.49. The first kappa shape index (κ1) is 19.1. The first-order chi connectivity index (χ1) is 14.6. The molecule has 4 aromatic carbocycles. The number of rotatable bonds is 5. The van der Waals surface area contributed by atoms with Crippen molar-refractivity contribution >= 4 is 34.4 Å². The third kappa shape index (κ3) is 4.25. The molecule has 0 spiro atoms. The van der Waals surface area contributed by atoms with Crippen molar-refractivity contribution in [1.82, 2.24) is 0 Å². The zero-order valence-electron chi connectivity index (χ0n) is 16.2. The highest BCUT2D eigenvalue weighted by Crippen LogP contribution is 2.35. The molecule has 0 aromatic heterocycles. The Kier molecular flexibility index (Phi) is 5.35. The summed E-state index contributed by atoms with van der Waals surface area (Å²) in [6.07, 6.45) is 0. The molecule has 4 aromatic rings. The molecular formula is C25H21N3O2.